The normalized spacial score (nSPS) is 27.6. The highest BCUT2D eigenvalue weighted by atomic mass is 16.7. The van der Waals surface area contributed by atoms with Crippen molar-refractivity contribution >= 4 is 17.0 Å². The number of benzene rings is 3. The largest absolute Gasteiger partial charge is 0.387 e. The van der Waals surface area contributed by atoms with E-state index in [9.17, 15) is 15.3 Å². The molecule has 0 bridgehead atoms. The summed E-state index contributed by atoms with van der Waals surface area (Å²) in [6.07, 6.45) is -7.28. The summed E-state index contributed by atoms with van der Waals surface area (Å²) in [6.45, 7) is 0.697. The average molecular weight is 714 g/mol. The van der Waals surface area contributed by atoms with Gasteiger partial charge in [-0.05, 0) is 16.7 Å². The van der Waals surface area contributed by atoms with Crippen molar-refractivity contribution < 1.29 is 43.7 Å². The fourth-order valence-electron chi connectivity index (χ4n) is 6.46. The van der Waals surface area contributed by atoms with Gasteiger partial charge in [0.05, 0.1) is 39.4 Å². The summed E-state index contributed by atoms with van der Waals surface area (Å²) in [5, 5.41) is 37.6. The molecule has 4 N–H and O–H groups in total. The third-order valence-electron chi connectivity index (χ3n) is 9.19. The van der Waals surface area contributed by atoms with Gasteiger partial charge < -0.3 is 49.1 Å². The Balaban J connectivity index is 1.14. The molecule has 0 radical (unpaired) electrons. The molecule has 2 saturated heterocycles. The Morgan fingerprint density at radius 3 is 1.88 bits per heavy atom. The van der Waals surface area contributed by atoms with Crippen LogP contribution in [-0.2, 0) is 48.2 Å². The second-order valence-corrected chi connectivity index (χ2v) is 12.7. The van der Waals surface area contributed by atoms with Gasteiger partial charge in [0.1, 0.15) is 54.6 Å². The molecule has 2 aromatic heterocycles. The van der Waals surface area contributed by atoms with E-state index in [2.05, 4.69) is 20.3 Å². The standard InChI is InChI=1S/C38H43N5O9/c1-39-35-29-36(41-22-40-35)43(23-42-29)37-32(46)33(28(50-37)21-48-18-25-13-7-3-8-14-25)52-38-34(49-19-26-15-9-4-10-16-26)31(45)30(44)27(51-38)20-47-17-24-11-5-2-6-12-24/h2-16,22-23,27-28,30-34,37-38,44-46H,17-21H2,1H3,(H,39,40,41)/t27-,28-,30-,31+,32-,33-,34-,37-,38-/m1/s1. The van der Waals surface area contributed by atoms with Crippen LogP contribution in [0.4, 0.5) is 5.82 Å². The monoisotopic (exact) mass is 713 g/mol. The predicted octanol–water partition coefficient (Wildman–Crippen LogP) is 2.98. The molecule has 2 aliphatic rings. The Hall–Kier alpha value is -4.35. The zero-order valence-corrected chi connectivity index (χ0v) is 28.6. The van der Waals surface area contributed by atoms with Crippen LogP contribution in [0, 0.1) is 0 Å². The molecule has 0 amide bonds. The van der Waals surface area contributed by atoms with E-state index in [1.165, 1.54) is 12.7 Å². The van der Waals surface area contributed by atoms with Gasteiger partial charge in [-0.1, -0.05) is 91.0 Å². The van der Waals surface area contributed by atoms with E-state index in [1.807, 2.05) is 91.0 Å². The Morgan fingerprint density at radius 1 is 0.673 bits per heavy atom. The van der Waals surface area contributed by atoms with Gasteiger partial charge in [-0.3, -0.25) is 4.57 Å². The number of nitrogens with zero attached hydrogens (tertiary/aromatic N) is 4. The molecule has 0 saturated carbocycles. The summed E-state index contributed by atoms with van der Waals surface area (Å²) in [7, 11) is 1.73. The molecule has 14 heteroatoms. The minimum Gasteiger partial charge on any atom is -0.387 e. The number of anilines is 1. The summed E-state index contributed by atoms with van der Waals surface area (Å²) >= 11 is 0. The molecule has 3 aromatic carbocycles. The molecule has 274 valence electrons. The summed E-state index contributed by atoms with van der Waals surface area (Å²) in [6, 6.07) is 28.7. The first-order valence-electron chi connectivity index (χ1n) is 17.2. The van der Waals surface area contributed by atoms with E-state index >= 15 is 0 Å². The highest BCUT2D eigenvalue weighted by Gasteiger charge is 2.52. The van der Waals surface area contributed by atoms with Crippen LogP contribution in [-0.4, -0.2) is 104 Å². The van der Waals surface area contributed by atoms with Gasteiger partial charge in [0.15, 0.2) is 24.0 Å². The van der Waals surface area contributed by atoms with E-state index in [0.29, 0.717) is 23.6 Å². The molecular weight excluding hydrogens is 670 g/mol. The molecule has 9 atom stereocenters. The van der Waals surface area contributed by atoms with Gasteiger partial charge in [-0.25, -0.2) is 15.0 Å². The molecule has 14 nitrogen and oxygen atoms in total. The molecular formula is C38H43N5O9. The quantitative estimate of drug-likeness (QED) is 0.125. The van der Waals surface area contributed by atoms with Crippen molar-refractivity contribution in [3.05, 3.63) is 120 Å². The molecule has 0 unspecified atom stereocenters. The number of hydrogen-bond donors (Lipinski definition) is 4. The molecule has 52 heavy (non-hydrogen) atoms. The van der Waals surface area contributed by atoms with Gasteiger partial charge in [-0.15, -0.1) is 0 Å². The molecule has 2 aliphatic heterocycles. The van der Waals surface area contributed by atoms with Gasteiger partial charge in [0, 0.05) is 7.05 Å². The van der Waals surface area contributed by atoms with Gasteiger partial charge in [0.25, 0.3) is 0 Å². The van der Waals surface area contributed by atoms with Crippen molar-refractivity contribution in [2.24, 2.45) is 0 Å². The van der Waals surface area contributed by atoms with Crippen LogP contribution in [0.2, 0.25) is 0 Å². The van der Waals surface area contributed by atoms with Crippen molar-refractivity contribution in [2.75, 3.05) is 25.6 Å². The van der Waals surface area contributed by atoms with Crippen molar-refractivity contribution in [3.63, 3.8) is 0 Å². The number of hydrogen-bond acceptors (Lipinski definition) is 13. The van der Waals surface area contributed by atoms with Crippen molar-refractivity contribution in [1.82, 2.24) is 19.5 Å². The highest BCUT2D eigenvalue weighted by Crippen LogP contribution is 2.37. The lowest BCUT2D eigenvalue weighted by molar-refractivity contribution is -0.329. The molecule has 7 rings (SSSR count). The van der Waals surface area contributed by atoms with Crippen LogP contribution >= 0.6 is 0 Å². The lowest BCUT2D eigenvalue weighted by Gasteiger charge is -2.43. The maximum absolute atomic E-state index is 11.9. The maximum Gasteiger partial charge on any atom is 0.187 e. The zero-order chi connectivity index (χ0) is 35.9. The van der Waals surface area contributed by atoms with Crippen molar-refractivity contribution in [2.45, 2.75) is 75.1 Å². The number of aliphatic hydroxyl groups is 3. The summed E-state index contributed by atoms with van der Waals surface area (Å²) in [4.78, 5) is 13.1. The second kappa shape index (κ2) is 17.0. The van der Waals surface area contributed by atoms with Crippen molar-refractivity contribution in [3.8, 4) is 0 Å². The van der Waals surface area contributed by atoms with Gasteiger partial charge in [0.2, 0.25) is 0 Å². The van der Waals surface area contributed by atoms with Crippen LogP contribution in [0.25, 0.3) is 11.2 Å². The number of ether oxygens (including phenoxy) is 6. The second-order valence-electron chi connectivity index (χ2n) is 12.7. The molecule has 2 fully saturated rings. The lowest BCUT2D eigenvalue weighted by Crippen LogP contribution is -2.61. The van der Waals surface area contributed by atoms with Crippen LogP contribution < -0.4 is 5.32 Å². The number of rotatable bonds is 15. The molecule has 0 aliphatic carbocycles. The number of fused-ring (bicyclic) bond motifs is 1. The number of imidazole rings is 1. The Labute approximate surface area is 300 Å². The number of aromatic nitrogens is 4. The topological polar surface area (TPSA) is 172 Å². The zero-order valence-electron chi connectivity index (χ0n) is 28.6. The molecule has 5 aromatic rings. The minimum absolute atomic E-state index is 0.0388. The molecule has 0 spiro atoms. The van der Waals surface area contributed by atoms with Gasteiger partial charge in [-0.2, -0.15) is 0 Å². The lowest BCUT2D eigenvalue weighted by atomic mass is 9.98. The minimum atomic E-state index is -1.41. The van der Waals surface area contributed by atoms with Crippen LogP contribution in [0.5, 0.6) is 0 Å². The van der Waals surface area contributed by atoms with E-state index in [0.717, 1.165) is 16.7 Å². The maximum atomic E-state index is 11.9. The smallest absolute Gasteiger partial charge is 0.187 e. The Bertz CT molecular complexity index is 1830. The first-order chi connectivity index (χ1) is 25.5. The van der Waals surface area contributed by atoms with Crippen LogP contribution in [0.15, 0.2) is 104 Å². The van der Waals surface area contributed by atoms with Crippen molar-refractivity contribution in [1.29, 1.82) is 0 Å². The predicted molar refractivity (Wildman–Crippen MR) is 188 cm³/mol. The van der Waals surface area contributed by atoms with Crippen LogP contribution in [0.3, 0.4) is 0 Å². The van der Waals surface area contributed by atoms with E-state index in [1.54, 1.807) is 11.6 Å². The molecule has 4 heterocycles. The third-order valence-corrected chi connectivity index (χ3v) is 9.19. The number of aliphatic hydroxyl groups excluding tert-OH is 3. The summed E-state index contributed by atoms with van der Waals surface area (Å²) in [5.41, 5.74) is 3.71. The Morgan fingerprint density at radius 2 is 1.27 bits per heavy atom. The fourth-order valence-corrected chi connectivity index (χ4v) is 6.46. The van der Waals surface area contributed by atoms with E-state index in [-0.39, 0.29) is 26.4 Å². The third kappa shape index (κ3) is 8.15. The summed E-state index contributed by atoms with van der Waals surface area (Å²) in [5.74, 6) is 0.522. The van der Waals surface area contributed by atoms with Crippen LogP contribution in [0.1, 0.15) is 22.9 Å². The first-order valence-corrected chi connectivity index (χ1v) is 17.2. The number of nitrogens with one attached hydrogen (secondary N) is 1. The van der Waals surface area contributed by atoms with E-state index in [4.69, 9.17) is 28.4 Å². The SMILES string of the molecule is CNc1ncnc2c1ncn2[C@@H]1O[C@H](COCc2ccccc2)[C@@H](O[C@H]2O[C@H](COCc3ccccc3)[C@@H](O)[C@H](O)[C@H]2OCc2ccccc2)[C@H]1O. The first kappa shape index (κ1) is 36.0. The van der Waals surface area contributed by atoms with Gasteiger partial charge >= 0.3 is 0 Å². The Kier molecular flexibility index (Phi) is 11.8. The highest BCUT2D eigenvalue weighted by molar-refractivity contribution is 5.82. The fraction of sp³-hybridized carbons (Fsp3) is 0.395. The van der Waals surface area contributed by atoms with E-state index < -0.39 is 55.2 Å². The average Bonchev–Trinajstić information content (AvgIpc) is 3.75. The summed E-state index contributed by atoms with van der Waals surface area (Å²) < 4.78 is 39.2.